The van der Waals surface area contributed by atoms with E-state index in [9.17, 15) is 19.5 Å². The summed E-state index contributed by atoms with van der Waals surface area (Å²) in [4.78, 5) is 48.4. The lowest BCUT2D eigenvalue weighted by atomic mass is 9.82. The molecule has 49 heavy (non-hydrogen) atoms. The standard InChI is InChI=1S/C38H43FN4O5Si/c1-24-36(49(2,3)39)33(20-35(46)42-17-9-12-28(42)23-44)48-38(24)30-19-27(41-34(45)18-26-21-40-31-14-8-7-13-29(26)31)15-16-32(30)43(37(38)47)22-25-10-5-4-6-11-25/h4-8,10-11,13-16,19,21,24,28,33,36,40,44H,9,12,17-18,20,22-23H2,1-3H3,(H,41,45)/t24-,28+,33+,36-,38+/m1/s1. The lowest BCUT2D eigenvalue weighted by Crippen LogP contribution is -2.45. The number of aliphatic hydroxyl groups is 1. The molecule has 3 aliphatic rings. The van der Waals surface area contributed by atoms with Crippen molar-refractivity contribution in [2.75, 3.05) is 23.4 Å². The first-order valence-corrected chi connectivity index (χ1v) is 20.1. The van der Waals surface area contributed by atoms with Crippen molar-refractivity contribution in [3.8, 4) is 0 Å². The lowest BCUT2D eigenvalue weighted by Gasteiger charge is -2.31. The molecule has 1 aromatic heterocycles. The lowest BCUT2D eigenvalue weighted by molar-refractivity contribution is -0.150. The first-order valence-electron chi connectivity index (χ1n) is 17.1. The molecule has 5 atom stereocenters. The van der Waals surface area contributed by atoms with Crippen LogP contribution in [-0.4, -0.2) is 66.4 Å². The van der Waals surface area contributed by atoms with Crippen molar-refractivity contribution in [1.29, 1.82) is 0 Å². The average Bonchev–Trinajstić information content (AvgIpc) is 3.83. The van der Waals surface area contributed by atoms with Gasteiger partial charge in [0, 0.05) is 46.4 Å². The van der Waals surface area contributed by atoms with E-state index in [-0.39, 0.29) is 49.8 Å². The second-order valence-corrected chi connectivity index (χ2v) is 18.0. The van der Waals surface area contributed by atoms with Crippen molar-refractivity contribution < 1.29 is 28.3 Å². The number of carbonyl (C=O) groups excluding carboxylic acids is 3. The number of likely N-dealkylation sites (tertiary alicyclic amines) is 1. The van der Waals surface area contributed by atoms with Crippen LogP contribution in [0.5, 0.6) is 0 Å². The number of aliphatic hydroxyl groups excluding tert-OH is 1. The van der Waals surface area contributed by atoms with Crippen molar-refractivity contribution in [2.24, 2.45) is 5.92 Å². The number of anilines is 2. The molecule has 4 aromatic rings. The molecular weight excluding hydrogens is 640 g/mol. The fourth-order valence-electron chi connectivity index (χ4n) is 8.55. The SMILES string of the molecule is C[C@@H]1[C@@H]([Si](C)(C)F)[C@H](CC(=O)N2CCC[C@H]2CO)O[C@@]12C(=O)N(Cc1ccccc1)c1ccc(NC(=O)Cc3c[nH]c4ccccc34)cc12. The number of benzene rings is 3. The molecule has 3 amide bonds. The first kappa shape index (κ1) is 33.2. The summed E-state index contributed by atoms with van der Waals surface area (Å²) in [5, 5.41) is 13.9. The van der Waals surface area contributed by atoms with Crippen LogP contribution in [0.2, 0.25) is 18.6 Å². The number of H-pyrrole nitrogens is 1. The van der Waals surface area contributed by atoms with Crippen LogP contribution in [-0.2, 0) is 37.7 Å². The number of hydrogen-bond acceptors (Lipinski definition) is 5. The Morgan fingerprint density at radius 3 is 2.61 bits per heavy atom. The van der Waals surface area contributed by atoms with Gasteiger partial charge in [0.25, 0.3) is 5.91 Å². The highest BCUT2D eigenvalue weighted by Crippen LogP contribution is 2.60. The zero-order valence-electron chi connectivity index (χ0n) is 28.1. The second kappa shape index (κ2) is 12.9. The van der Waals surface area contributed by atoms with Gasteiger partial charge in [-0.2, -0.15) is 0 Å². The minimum Gasteiger partial charge on any atom is -0.394 e. The maximum Gasteiger partial charge on any atom is 0.264 e. The summed E-state index contributed by atoms with van der Waals surface area (Å²) in [5.41, 5.74) is 2.26. The number of carbonyl (C=O) groups is 3. The molecule has 1 spiro atoms. The van der Waals surface area contributed by atoms with E-state index in [0.717, 1.165) is 34.9 Å². The van der Waals surface area contributed by atoms with Gasteiger partial charge < -0.3 is 34.1 Å². The number of para-hydroxylation sites is 1. The Morgan fingerprint density at radius 2 is 1.86 bits per heavy atom. The molecule has 2 saturated heterocycles. The molecule has 256 valence electrons. The zero-order valence-corrected chi connectivity index (χ0v) is 29.1. The molecule has 0 unspecified atom stereocenters. The fourth-order valence-corrected chi connectivity index (χ4v) is 11.0. The summed E-state index contributed by atoms with van der Waals surface area (Å²) in [6, 6.07) is 22.6. The largest absolute Gasteiger partial charge is 0.394 e. The summed E-state index contributed by atoms with van der Waals surface area (Å²) >= 11 is 0. The third-order valence-electron chi connectivity index (χ3n) is 10.7. The Bertz CT molecular complexity index is 1890. The van der Waals surface area contributed by atoms with Gasteiger partial charge in [-0.25, -0.2) is 0 Å². The Balaban J connectivity index is 1.24. The van der Waals surface area contributed by atoms with Gasteiger partial charge in [-0.15, -0.1) is 0 Å². The van der Waals surface area contributed by atoms with E-state index >= 15 is 4.11 Å². The van der Waals surface area contributed by atoms with E-state index in [1.54, 1.807) is 35.0 Å². The van der Waals surface area contributed by atoms with Gasteiger partial charge in [0.2, 0.25) is 20.2 Å². The van der Waals surface area contributed by atoms with Crippen LogP contribution >= 0.6 is 0 Å². The number of halogens is 1. The molecule has 3 aliphatic heterocycles. The maximum absolute atomic E-state index is 16.4. The number of ether oxygens (including phenoxy) is 1. The predicted octanol–water partition coefficient (Wildman–Crippen LogP) is 6.04. The van der Waals surface area contributed by atoms with E-state index in [0.29, 0.717) is 23.5 Å². The van der Waals surface area contributed by atoms with Gasteiger partial charge in [-0.3, -0.25) is 14.4 Å². The number of rotatable bonds is 9. The zero-order chi connectivity index (χ0) is 34.5. The number of nitrogens with one attached hydrogen (secondary N) is 2. The summed E-state index contributed by atoms with van der Waals surface area (Å²) < 4.78 is 23.2. The van der Waals surface area contributed by atoms with E-state index in [4.69, 9.17) is 4.74 Å². The minimum absolute atomic E-state index is 0.0735. The highest BCUT2D eigenvalue weighted by molar-refractivity contribution is 6.72. The van der Waals surface area contributed by atoms with Crippen molar-refractivity contribution in [1.82, 2.24) is 9.88 Å². The molecule has 7 rings (SSSR count). The average molecular weight is 683 g/mol. The van der Waals surface area contributed by atoms with Crippen molar-refractivity contribution >= 4 is 48.4 Å². The Labute approximate surface area is 286 Å². The van der Waals surface area contributed by atoms with Crippen LogP contribution in [0.15, 0.2) is 79.0 Å². The fraction of sp³-hybridized carbons (Fsp3) is 0.395. The Kier molecular flexibility index (Phi) is 8.70. The molecule has 3 N–H and O–H groups in total. The molecule has 3 aromatic carbocycles. The predicted molar refractivity (Wildman–Crippen MR) is 189 cm³/mol. The normalized spacial score (nSPS) is 25.0. The van der Waals surface area contributed by atoms with Crippen LogP contribution in [0.4, 0.5) is 15.5 Å². The summed E-state index contributed by atoms with van der Waals surface area (Å²) in [6.07, 6.45) is 2.60. The number of fused-ring (bicyclic) bond motifs is 3. The maximum atomic E-state index is 16.4. The second-order valence-electron chi connectivity index (χ2n) is 14.2. The van der Waals surface area contributed by atoms with Crippen molar-refractivity contribution in [3.05, 3.63) is 95.7 Å². The number of nitrogens with zero attached hydrogens (tertiary/aromatic N) is 2. The number of amides is 3. The first-order chi connectivity index (χ1) is 23.5. The summed E-state index contributed by atoms with van der Waals surface area (Å²) in [7, 11) is -3.51. The summed E-state index contributed by atoms with van der Waals surface area (Å²) in [6.45, 7) is 5.79. The van der Waals surface area contributed by atoms with Crippen LogP contribution in [0.25, 0.3) is 10.9 Å². The topological polar surface area (TPSA) is 115 Å². The van der Waals surface area contributed by atoms with E-state index in [2.05, 4.69) is 10.3 Å². The van der Waals surface area contributed by atoms with Crippen molar-refractivity contribution in [3.63, 3.8) is 0 Å². The molecule has 11 heteroatoms. The van der Waals surface area contributed by atoms with Gasteiger partial charge in [-0.05, 0) is 61.3 Å². The molecule has 0 saturated carbocycles. The molecule has 2 fully saturated rings. The third kappa shape index (κ3) is 5.87. The van der Waals surface area contributed by atoms with Crippen molar-refractivity contribution in [2.45, 2.75) is 75.5 Å². The van der Waals surface area contributed by atoms with Gasteiger partial charge in [0.15, 0.2) is 5.60 Å². The van der Waals surface area contributed by atoms with E-state index < -0.39 is 31.6 Å². The summed E-state index contributed by atoms with van der Waals surface area (Å²) in [5.74, 6) is -1.30. The van der Waals surface area contributed by atoms with E-state index in [1.807, 2.05) is 73.8 Å². The minimum atomic E-state index is -3.51. The van der Waals surface area contributed by atoms with Crippen LogP contribution < -0.4 is 10.2 Å². The van der Waals surface area contributed by atoms with Crippen LogP contribution in [0.3, 0.4) is 0 Å². The molecule has 0 radical (unpaired) electrons. The quantitative estimate of drug-likeness (QED) is 0.147. The Hall–Kier alpha value is -4.32. The van der Waals surface area contributed by atoms with Gasteiger partial charge in [-0.1, -0.05) is 55.5 Å². The van der Waals surface area contributed by atoms with Crippen LogP contribution in [0, 0.1) is 5.92 Å². The van der Waals surface area contributed by atoms with Gasteiger partial charge in [0.1, 0.15) is 0 Å². The van der Waals surface area contributed by atoms with Gasteiger partial charge in [0.05, 0.1) is 43.8 Å². The molecule has 9 nitrogen and oxygen atoms in total. The molecule has 4 heterocycles. The van der Waals surface area contributed by atoms with Crippen LogP contribution in [0.1, 0.15) is 42.9 Å². The van der Waals surface area contributed by atoms with Gasteiger partial charge >= 0.3 is 0 Å². The highest BCUT2D eigenvalue weighted by atomic mass is 28.4. The molecular formula is C38H43FN4O5Si. The highest BCUT2D eigenvalue weighted by Gasteiger charge is 2.67. The smallest absolute Gasteiger partial charge is 0.264 e. The molecule has 0 bridgehead atoms. The number of aromatic amines is 1. The number of aromatic nitrogens is 1. The third-order valence-corrected chi connectivity index (χ3v) is 13.2. The molecule has 0 aliphatic carbocycles. The van der Waals surface area contributed by atoms with E-state index in [1.165, 1.54) is 0 Å². The monoisotopic (exact) mass is 682 g/mol. The Morgan fingerprint density at radius 1 is 1.10 bits per heavy atom. The number of hydrogen-bond donors (Lipinski definition) is 3.